The van der Waals surface area contributed by atoms with Gasteiger partial charge in [0.25, 0.3) is 5.71 Å². The molecule has 3 rings (SSSR count). The van der Waals surface area contributed by atoms with Crippen molar-refractivity contribution in [3.63, 3.8) is 0 Å². The standard InChI is InChI=1S/C14H14F3N2OS/c1-2-10-5-8-7-18-11-6-9(14(15,16)17)3-4-12(11)19(20)13(8)21-10/h5-6,20H,2-4,7H2,1H3/q+1. The number of fused-ring (bicyclic) bond motifs is 2. The van der Waals surface area contributed by atoms with Gasteiger partial charge in [0.2, 0.25) is 0 Å². The maximum atomic E-state index is 12.8. The zero-order valence-electron chi connectivity index (χ0n) is 11.4. The summed E-state index contributed by atoms with van der Waals surface area (Å²) in [7, 11) is 0. The molecule has 0 unspecified atom stereocenters. The first-order chi connectivity index (χ1) is 9.90. The van der Waals surface area contributed by atoms with Gasteiger partial charge < -0.3 is 0 Å². The number of aliphatic imine (C=N–C) groups is 1. The van der Waals surface area contributed by atoms with Crippen LogP contribution in [0.4, 0.5) is 18.2 Å². The van der Waals surface area contributed by atoms with Crippen LogP contribution in [0, 0.1) is 0 Å². The van der Waals surface area contributed by atoms with E-state index in [9.17, 15) is 18.4 Å². The topological polar surface area (TPSA) is 35.6 Å². The largest absolute Gasteiger partial charge is 0.412 e. The van der Waals surface area contributed by atoms with Gasteiger partial charge in [0.15, 0.2) is 0 Å². The van der Waals surface area contributed by atoms with E-state index in [4.69, 9.17) is 0 Å². The van der Waals surface area contributed by atoms with Crippen LogP contribution in [-0.4, -0.2) is 27.5 Å². The van der Waals surface area contributed by atoms with Crippen molar-refractivity contribution in [2.24, 2.45) is 4.99 Å². The number of alkyl halides is 3. The lowest BCUT2D eigenvalue weighted by atomic mass is 9.95. The van der Waals surface area contributed by atoms with Crippen LogP contribution in [0.25, 0.3) is 0 Å². The van der Waals surface area contributed by atoms with E-state index in [1.54, 1.807) is 0 Å². The monoisotopic (exact) mass is 315 g/mol. The molecule has 1 aromatic heterocycles. The first-order valence-corrected chi connectivity index (χ1v) is 7.50. The molecule has 0 saturated carbocycles. The molecule has 0 radical (unpaired) electrons. The highest BCUT2D eigenvalue weighted by atomic mass is 32.1. The molecule has 0 spiro atoms. The van der Waals surface area contributed by atoms with E-state index >= 15 is 0 Å². The van der Waals surface area contributed by atoms with Crippen molar-refractivity contribution in [1.29, 1.82) is 0 Å². The Labute approximate surface area is 123 Å². The Morgan fingerprint density at radius 2 is 2.14 bits per heavy atom. The highest BCUT2D eigenvalue weighted by Crippen LogP contribution is 2.36. The van der Waals surface area contributed by atoms with E-state index < -0.39 is 11.7 Å². The zero-order chi connectivity index (χ0) is 15.2. The minimum atomic E-state index is -4.33. The molecule has 1 aliphatic heterocycles. The van der Waals surface area contributed by atoms with E-state index in [0.717, 1.165) is 27.7 Å². The van der Waals surface area contributed by atoms with Crippen LogP contribution in [0.1, 0.15) is 30.2 Å². The SMILES string of the molecule is CCc1cc2c(s1)[N+](O)=C1CCC(C(F)(F)F)=CC1=NC2. The van der Waals surface area contributed by atoms with Gasteiger partial charge in [0.05, 0.1) is 12.1 Å². The molecule has 0 aromatic carbocycles. The minimum absolute atomic E-state index is 0.129. The van der Waals surface area contributed by atoms with Crippen LogP contribution >= 0.6 is 11.3 Å². The first-order valence-electron chi connectivity index (χ1n) is 6.69. The summed E-state index contributed by atoms with van der Waals surface area (Å²) in [6, 6.07) is 1.96. The number of hydrogen-bond acceptors (Lipinski definition) is 3. The Morgan fingerprint density at radius 3 is 2.81 bits per heavy atom. The van der Waals surface area contributed by atoms with Crippen molar-refractivity contribution >= 4 is 27.8 Å². The summed E-state index contributed by atoms with van der Waals surface area (Å²) in [6.45, 7) is 2.32. The highest BCUT2D eigenvalue weighted by Gasteiger charge is 2.40. The van der Waals surface area contributed by atoms with Crippen LogP contribution in [-0.2, 0) is 13.0 Å². The molecule has 3 nitrogen and oxygen atoms in total. The molecule has 1 aromatic rings. The summed E-state index contributed by atoms with van der Waals surface area (Å²) >= 11 is 1.46. The molecule has 2 heterocycles. The third kappa shape index (κ3) is 2.50. The number of thiophene rings is 1. The average molecular weight is 315 g/mol. The molecule has 21 heavy (non-hydrogen) atoms. The molecule has 7 heteroatoms. The van der Waals surface area contributed by atoms with Gasteiger partial charge in [-0.25, -0.2) is 0 Å². The highest BCUT2D eigenvalue weighted by molar-refractivity contribution is 7.15. The van der Waals surface area contributed by atoms with Gasteiger partial charge in [-0.15, -0.1) is 0 Å². The Balaban J connectivity index is 2.06. The van der Waals surface area contributed by atoms with Crippen LogP contribution in [0.3, 0.4) is 0 Å². The van der Waals surface area contributed by atoms with Crippen LogP contribution in [0.15, 0.2) is 22.7 Å². The Morgan fingerprint density at radius 1 is 1.38 bits per heavy atom. The van der Waals surface area contributed by atoms with Gasteiger partial charge in [0, 0.05) is 21.6 Å². The second-order valence-electron chi connectivity index (χ2n) is 5.02. The average Bonchev–Trinajstić information content (AvgIpc) is 2.81. The quantitative estimate of drug-likeness (QED) is 0.616. The number of halogens is 3. The lowest BCUT2D eigenvalue weighted by Crippen LogP contribution is -2.28. The third-order valence-electron chi connectivity index (χ3n) is 3.66. The van der Waals surface area contributed by atoms with E-state index in [-0.39, 0.29) is 18.6 Å². The molecular weight excluding hydrogens is 301 g/mol. The van der Waals surface area contributed by atoms with Crippen molar-refractivity contribution < 1.29 is 23.1 Å². The Bertz CT molecular complexity index is 683. The molecular formula is C14H14F3N2OS+. The number of nitrogens with zero attached hydrogens (tertiary/aromatic N) is 2. The maximum Gasteiger partial charge on any atom is 0.412 e. The normalized spacial score (nSPS) is 18.7. The summed E-state index contributed by atoms with van der Waals surface area (Å²) in [5, 5.41) is 11.0. The third-order valence-corrected chi connectivity index (χ3v) is 4.95. The zero-order valence-corrected chi connectivity index (χ0v) is 12.2. The minimum Gasteiger partial charge on any atom is -0.283 e. The van der Waals surface area contributed by atoms with Crippen molar-refractivity contribution in [1.82, 2.24) is 0 Å². The molecule has 0 atom stereocenters. The van der Waals surface area contributed by atoms with E-state index in [2.05, 4.69) is 4.99 Å². The Hall–Kier alpha value is -1.63. The van der Waals surface area contributed by atoms with Crippen LogP contribution in [0.5, 0.6) is 0 Å². The molecule has 1 aliphatic carbocycles. The number of aryl methyl sites for hydroxylation is 1. The first kappa shape index (κ1) is 14.3. The smallest absolute Gasteiger partial charge is 0.283 e. The lowest BCUT2D eigenvalue weighted by molar-refractivity contribution is -0.710. The molecule has 0 bridgehead atoms. The van der Waals surface area contributed by atoms with Crippen molar-refractivity contribution in [2.75, 3.05) is 0 Å². The van der Waals surface area contributed by atoms with E-state index in [0.29, 0.717) is 17.3 Å². The van der Waals surface area contributed by atoms with Crippen molar-refractivity contribution in [3.05, 3.63) is 28.2 Å². The predicted molar refractivity (Wildman–Crippen MR) is 74.9 cm³/mol. The Kier molecular flexibility index (Phi) is 3.39. The van der Waals surface area contributed by atoms with E-state index in [1.165, 1.54) is 11.3 Å². The van der Waals surface area contributed by atoms with Gasteiger partial charge in [-0.3, -0.25) is 10.2 Å². The summed E-state index contributed by atoms with van der Waals surface area (Å²) < 4.78 is 39.4. The molecule has 2 aliphatic rings. The molecule has 112 valence electrons. The summed E-state index contributed by atoms with van der Waals surface area (Å²) in [5.41, 5.74) is 0.956. The second-order valence-corrected chi connectivity index (χ2v) is 6.14. The summed E-state index contributed by atoms with van der Waals surface area (Å²) in [5.74, 6) is 0. The number of rotatable bonds is 1. The van der Waals surface area contributed by atoms with E-state index in [1.807, 2.05) is 13.0 Å². The fourth-order valence-electron chi connectivity index (χ4n) is 2.51. The predicted octanol–water partition coefficient (Wildman–Crippen LogP) is 4.02. The molecule has 0 amide bonds. The summed E-state index contributed by atoms with van der Waals surface area (Å²) in [6.07, 6.45) is -2.41. The molecule has 0 fully saturated rings. The second kappa shape index (κ2) is 4.98. The molecule has 0 saturated heterocycles. The van der Waals surface area contributed by atoms with Gasteiger partial charge in [-0.2, -0.15) is 13.2 Å². The van der Waals surface area contributed by atoms with Gasteiger partial charge in [-0.1, -0.05) is 18.3 Å². The van der Waals surface area contributed by atoms with Crippen LogP contribution in [0.2, 0.25) is 0 Å². The summed E-state index contributed by atoms with van der Waals surface area (Å²) in [4.78, 5) is 5.38. The lowest BCUT2D eigenvalue weighted by Gasteiger charge is -2.15. The van der Waals surface area contributed by atoms with Crippen molar-refractivity contribution in [3.8, 4) is 0 Å². The van der Waals surface area contributed by atoms with Gasteiger partial charge in [-0.05, 0) is 25.0 Å². The number of allylic oxidation sites excluding steroid dienone is 2. The van der Waals surface area contributed by atoms with Crippen LogP contribution < -0.4 is 0 Å². The van der Waals surface area contributed by atoms with Gasteiger partial charge >= 0.3 is 11.2 Å². The number of hydrogen-bond donors (Lipinski definition) is 1. The molecule has 1 N–H and O–H groups in total. The maximum absolute atomic E-state index is 12.8. The fraction of sp³-hybridized carbons (Fsp3) is 0.429. The van der Waals surface area contributed by atoms with Crippen molar-refractivity contribution in [2.45, 2.75) is 38.9 Å². The van der Waals surface area contributed by atoms with Gasteiger partial charge in [0.1, 0.15) is 5.71 Å². The fourth-order valence-corrected chi connectivity index (χ4v) is 3.56.